The molecule has 0 aromatic carbocycles. The van der Waals surface area contributed by atoms with Gasteiger partial charge in [0.25, 0.3) is 0 Å². The van der Waals surface area contributed by atoms with Gasteiger partial charge in [-0.25, -0.2) is 0 Å². The Morgan fingerprint density at radius 2 is 2.08 bits per heavy atom. The molecule has 142 valence electrons. The Kier molecular flexibility index (Phi) is 11.6. The first-order valence-corrected chi connectivity index (χ1v) is 8.65. The van der Waals surface area contributed by atoms with Gasteiger partial charge in [0.2, 0.25) is 11.8 Å². The van der Waals surface area contributed by atoms with E-state index in [4.69, 9.17) is 5.73 Å². The average molecular weight is 383 g/mol. The van der Waals surface area contributed by atoms with Crippen molar-refractivity contribution in [3.63, 3.8) is 0 Å². The molecule has 8 heteroatoms. The minimum atomic E-state index is -0.179. The van der Waals surface area contributed by atoms with E-state index in [-0.39, 0.29) is 42.5 Å². The van der Waals surface area contributed by atoms with Gasteiger partial charge in [0, 0.05) is 32.1 Å². The van der Waals surface area contributed by atoms with Gasteiger partial charge >= 0.3 is 0 Å². The van der Waals surface area contributed by atoms with Crippen molar-refractivity contribution in [3.05, 3.63) is 0 Å². The molecule has 2 saturated heterocycles. The van der Waals surface area contributed by atoms with Crippen LogP contribution in [0.4, 0.5) is 0 Å². The number of nitrogens with two attached hydrogens (primary N) is 1. The van der Waals surface area contributed by atoms with E-state index in [0.717, 1.165) is 38.9 Å². The number of amides is 2. The normalized spacial score (nSPS) is 23.8. The fourth-order valence-electron chi connectivity index (χ4n) is 3.52. The average Bonchev–Trinajstić information content (AvgIpc) is 3.11. The van der Waals surface area contributed by atoms with Crippen LogP contribution in [-0.2, 0) is 9.59 Å². The van der Waals surface area contributed by atoms with Gasteiger partial charge in [-0.2, -0.15) is 0 Å². The number of carbonyl (C=O) groups is 2. The third-order valence-corrected chi connectivity index (χ3v) is 4.85. The van der Waals surface area contributed by atoms with E-state index in [2.05, 4.69) is 17.1 Å². The Bertz CT molecular complexity index is 398. The number of halogens is 2. The summed E-state index contributed by atoms with van der Waals surface area (Å²) < 4.78 is 0. The van der Waals surface area contributed by atoms with Crippen LogP contribution in [0.25, 0.3) is 0 Å². The number of nitrogens with one attached hydrogen (secondary N) is 1. The molecular weight excluding hydrogens is 351 g/mol. The van der Waals surface area contributed by atoms with Gasteiger partial charge in [0.1, 0.15) is 0 Å². The van der Waals surface area contributed by atoms with Crippen molar-refractivity contribution >= 4 is 36.6 Å². The van der Waals surface area contributed by atoms with Crippen LogP contribution in [0.5, 0.6) is 0 Å². The van der Waals surface area contributed by atoms with Crippen molar-refractivity contribution in [2.75, 3.05) is 39.3 Å². The molecule has 0 radical (unpaired) electrons. The van der Waals surface area contributed by atoms with E-state index in [1.165, 1.54) is 6.42 Å². The fourth-order valence-corrected chi connectivity index (χ4v) is 3.52. The van der Waals surface area contributed by atoms with Crippen LogP contribution in [0.1, 0.15) is 39.0 Å². The van der Waals surface area contributed by atoms with Crippen LogP contribution >= 0.6 is 24.8 Å². The molecule has 2 aliphatic rings. The Morgan fingerprint density at radius 1 is 1.33 bits per heavy atom. The van der Waals surface area contributed by atoms with Crippen molar-refractivity contribution in [3.8, 4) is 0 Å². The molecule has 0 spiro atoms. The molecular formula is C16H32Cl2N4O2. The molecule has 2 aliphatic heterocycles. The zero-order chi connectivity index (χ0) is 15.9. The second-order valence-corrected chi connectivity index (χ2v) is 6.41. The van der Waals surface area contributed by atoms with Crippen molar-refractivity contribution in [2.24, 2.45) is 11.7 Å². The summed E-state index contributed by atoms with van der Waals surface area (Å²) in [5, 5.41) is 2.93. The van der Waals surface area contributed by atoms with Crippen molar-refractivity contribution in [1.82, 2.24) is 15.1 Å². The molecule has 0 saturated carbocycles. The van der Waals surface area contributed by atoms with E-state index in [1.54, 1.807) is 0 Å². The van der Waals surface area contributed by atoms with Gasteiger partial charge in [-0.3, -0.25) is 14.5 Å². The molecule has 0 aliphatic carbocycles. The molecule has 3 N–H and O–H groups in total. The summed E-state index contributed by atoms with van der Waals surface area (Å²) in [6, 6.07) is 0.473. The van der Waals surface area contributed by atoms with Crippen LogP contribution in [0.3, 0.4) is 0 Å². The first-order chi connectivity index (χ1) is 10.7. The van der Waals surface area contributed by atoms with Gasteiger partial charge in [0.15, 0.2) is 0 Å². The maximum Gasteiger partial charge on any atom is 0.225 e. The lowest BCUT2D eigenvalue weighted by atomic mass is 10.1. The molecule has 0 aromatic rings. The molecule has 2 heterocycles. The molecule has 6 nitrogen and oxygen atoms in total. The number of hydrogen-bond donors (Lipinski definition) is 2. The summed E-state index contributed by atoms with van der Waals surface area (Å²) >= 11 is 0. The zero-order valence-corrected chi connectivity index (χ0v) is 16.2. The van der Waals surface area contributed by atoms with Crippen molar-refractivity contribution < 1.29 is 9.59 Å². The highest BCUT2D eigenvalue weighted by atomic mass is 35.5. The molecule has 2 fully saturated rings. The van der Waals surface area contributed by atoms with Gasteiger partial charge < -0.3 is 16.0 Å². The number of likely N-dealkylation sites (tertiary alicyclic amines) is 2. The minimum Gasteiger partial charge on any atom is -0.356 e. The van der Waals surface area contributed by atoms with Crippen LogP contribution < -0.4 is 11.1 Å². The maximum absolute atomic E-state index is 12.2. The molecule has 2 rings (SSSR count). The first-order valence-electron chi connectivity index (χ1n) is 8.65. The van der Waals surface area contributed by atoms with Crippen LogP contribution in [-0.4, -0.2) is 66.9 Å². The summed E-state index contributed by atoms with van der Waals surface area (Å²) in [5.74, 6) is -0.0291. The Labute approximate surface area is 157 Å². The van der Waals surface area contributed by atoms with Gasteiger partial charge in [-0.15, -0.1) is 24.8 Å². The number of hydrogen-bond acceptors (Lipinski definition) is 4. The van der Waals surface area contributed by atoms with E-state index in [1.807, 2.05) is 4.90 Å². The highest BCUT2D eigenvalue weighted by Gasteiger charge is 2.36. The van der Waals surface area contributed by atoms with Gasteiger partial charge in [-0.05, 0) is 45.3 Å². The number of unbranched alkanes of at least 4 members (excludes halogenated alkanes) is 1. The highest BCUT2D eigenvalue weighted by molar-refractivity contribution is 5.89. The second-order valence-electron chi connectivity index (χ2n) is 6.41. The highest BCUT2D eigenvalue weighted by Crippen LogP contribution is 2.23. The van der Waals surface area contributed by atoms with Gasteiger partial charge in [0.05, 0.1) is 5.92 Å². The first kappa shape index (κ1) is 23.4. The zero-order valence-electron chi connectivity index (χ0n) is 14.5. The standard InChI is InChI=1S/C16H30N4O2.2ClH/c1-2-19-9-5-6-14(19)12-20-11-13(10-15(20)21)16(22)18-8-4-3-7-17;;/h13-14H,2-12,17H2,1H3,(H,18,22);2*1H. The van der Waals surface area contributed by atoms with Crippen LogP contribution in [0, 0.1) is 5.92 Å². The molecule has 2 unspecified atom stereocenters. The Hall–Kier alpha value is -0.560. The molecule has 2 amide bonds. The van der Waals surface area contributed by atoms with E-state index < -0.39 is 0 Å². The quantitative estimate of drug-likeness (QED) is 0.614. The monoisotopic (exact) mass is 382 g/mol. The molecule has 0 bridgehead atoms. The second kappa shape index (κ2) is 11.9. The summed E-state index contributed by atoms with van der Waals surface area (Å²) in [6.45, 7) is 7.01. The number of nitrogens with zero attached hydrogens (tertiary/aromatic N) is 2. The lowest BCUT2D eigenvalue weighted by Gasteiger charge is -2.27. The Morgan fingerprint density at radius 3 is 2.75 bits per heavy atom. The number of rotatable bonds is 8. The lowest BCUT2D eigenvalue weighted by Crippen LogP contribution is -2.41. The number of likely N-dealkylation sites (N-methyl/N-ethyl adjacent to an activating group) is 1. The van der Waals surface area contributed by atoms with E-state index in [9.17, 15) is 9.59 Å². The number of carbonyl (C=O) groups excluding carboxylic acids is 2. The third kappa shape index (κ3) is 6.39. The fraction of sp³-hybridized carbons (Fsp3) is 0.875. The van der Waals surface area contributed by atoms with Crippen LogP contribution in [0.2, 0.25) is 0 Å². The lowest BCUT2D eigenvalue weighted by molar-refractivity contribution is -0.129. The third-order valence-electron chi connectivity index (χ3n) is 4.85. The maximum atomic E-state index is 12.2. The SMILES string of the molecule is CCN1CCCC1CN1CC(C(=O)NCCCCN)CC1=O.Cl.Cl. The molecule has 2 atom stereocenters. The van der Waals surface area contributed by atoms with E-state index >= 15 is 0 Å². The van der Waals surface area contributed by atoms with Gasteiger partial charge in [-0.1, -0.05) is 6.92 Å². The van der Waals surface area contributed by atoms with Crippen LogP contribution in [0.15, 0.2) is 0 Å². The smallest absolute Gasteiger partial charge is 0.225 e. The van der Waals surface area contributed by atoms with Crippen molar-refractivity contribution in [2.45, 2.75) is 45.1 Å². The molecule has 0 aromatic heterocycles. The van der Waals surface area contributed by atoms with Crippen molar-refractivity contribution in [1.29, 1.82) is 0 Å². The molecule has 24 heavy (non-hydrogen) atoms. The Balaban J connectivity index is 0.00000264. The summed E-state index contributed by atoms with van der Waals surface area (Å²) in [7, 11) is 0. The summed E-state index contributed by atoms with van der Waals surface area (Å²) in [6.07, 6.45) is 4.56. The predicted octanol–water partition coefficient (Wildman–Crippen LogP) is 1.02. The largest absolute Gasteiger partial charge is 0.356 e. The summed E-state index contributed by atoms with van der Waals surface area (Å²) in [4.78, 5) is 28.6. The summed E-state index contributed by atoms with van der Waals surface area (Å²) in [5.41, 5.74) is 5.44. The van der Waals surface area contributed by atoms with E-state index in [0.29, 0.717) is 32.1 Å². The predicted molar refractivity (Wildman–Crippen MR) is 101 cm³/mol. The topological polar surface area (TPSA) is 78.7 Å². The minimum absolute atomic E-state index is 0.